The summed E-state index contributed by atoms with van der Waals surface area (Å²) in [6.45, 7) is 6.16. The lowest BCUT2D eigenvalue weighted by atomic mass is 10.3. The normalized spacial score (nSPS) is 8.62. The first-order valence-electron chi connectivity index (χ1n) is 4.38. The van der Waals surface area contributed by atoms with Crippen LogP contribution in [0, 0.1) is 6.92 Å². The largest absolute Gasteiger partial charge is 0.466 e. The molecule has 1 rings (SSSR count). The van der Waals surface area contributed by atoms with E-state index in [0.717, 1.165) is 11.4 Å². The zero-order valence-electron chi connectivity index (χ0n) is 8.70. The van der Waals surface area contributed by atoms with Crippen molar-refractivity contribution in [3.05, 3.63) is 24.0 Å². The smallest absolute Gasteiger partial charge is 0.188 e. The van der Waals surface area contributed by atoms with Crippen molar-refractivity contribution < 1.29 is 9.47 Å². The molecule has 0 saturated carbocycles. The summed E-state index contributed by atoms with van der Waals surface area (Å²) in [5.74, 6) is 0.773. The molecule has 1 aromatic heterocycles. The molecular formula is C10H17NO2. The highest BCUT2D eigenvalue weighted by atomic mass is 16.7. The van der Waals surface area contributed by atoms with Crippen LogP contribution in [0.2, 0.25) is 0 Å². The van der Waals surface area contributed by atoms with Gasteiger partial charge >= 0.3 is 0 Å². The minimum atomic E-state index is 0.270. The maximum Gasteiger partial charge on any atom is 0.188 e. The molecule has 0 aliphatic heterocycles. The van der Waals surface area contributed by atoms with Gasteiger partial charge in [-0.15, -0.1) is 0 Å². The number of hydrogen-bond donors (Lipinski definition) is 0. The average Bonchev–Trinajstić information content (AvgIpc) is 2.20. The summed E-state index contributed by atoms with van der Waals surface area (Å²) >= 11 is 0. The Labute approximate surface area is 79.7 Å². The fraction of sp³-hybridized carbons (Fsp3) is 0.500. The average molecular weight is 183 g/mol. The summed E-state index contributed by atoms with van der Waals surface area (Å²) in [5, 5.41) is 0. The summed E-state index contributed by atoms with van der Waals surface area (Å²) in [6.07, 6.45) is 1.73. The van der Waals surface area contributed by atoms with E-state index in [-0.39, 0.29) is 6.79 Å². The fourth-order valence-corrected chi connectivity index (χ4v) is 0.744. The second kappa shape index (κ2) is 7.55. The first-order chi connectivity index (χ1) is 6.34. The van der Waals surface area contributed by atoms with Crippen LogP contribution in [-0.2, 0) is 4.74 Å². The highest BCUT2D eigenvalue weighted by Gasteiger charge is 1.96. The number of pyridine rings is 1. The number of aryl methyl sites for hydroxylation is 1. The van der Waals surface area contributed by atoms with Crippen molar-refractivity contribution >= 4 is 0 Å². The third-order valence-corrected chi connectivity index (χ3v) is 1.29. The van der Waals surface area contributed by atoms with Crippen LogP contribution in [0.1, 0.15) is 19.5 Å². The fourth-order valence-electron chi connectivity index (χ4n) is 0.744. The molecule has 0 radical (unpaired) electrons. The van der Waals surface area contributed by atoms with Crippen molar-refractivity contribution in [3.8, 4) is 5.75 Å². The maximum atomic E-state index is 5.20. The lowest BCUT2D eigenvalue weighted by molar-refractivity contribution is 0.0503. The van der Waals surface area contributed by atoms with Gasteiger partial charge in [0.2, 0.25) is 0 Å². The molecule has 0 spiro atoms. The first-order valence-corrected chi connectivity index (χ1v) is 4.38. The van der Waals surface area contributed by atoms with Gasteiger partial charge < -0.3 is 9.47 Å². The Morgan fingerprint density at radius 1 is 1.38 bits per heavy atom. The van der Waals surface area contributed by atoms with Gasteiger partial charge in [-0.1, -0.05) is 13.8 Å². The minimum Gasteiger partial charge on any atom is -0.466 e. The van der Waals surface area contributed by atoms with Crippen LogP contribution in [0.25, 0.3) is 0 Å². The van der Waals surface area contributed by atoms with Gasteiger partial charge in [0.25, 0.3) is 0 Å². The van der Waals surface area contributed by atoms with Crippen LogP contribution >= 0.6 is 0 Å². The van der Waals surface area contributed by atoms with Crippen LogP contribution < -0.4 is 4.74 Å². The van der Waals surface area contributed by atoms with Crippen molar-refractivity contribution in [2.75, 3.05) is 13.9 Å². The number of rotatable bonds is 3. The van der Waals surface area contributed by atoms with E-state index in [2.05, 4.69) is 4.98 Å². The van der Waals surface area contributed by atoms with Gasteiger partial charge in [0.1, 0.15) is 5.75 Å². The quantitative estimate of drug-likeness (QED) is 0.674. The van der Waals surface area contributed by atoms with E-state index in [1.54, 1.807) is 13.3 Å². The second-order valence-electron chi connectivity index (χ2n) is 2.14. The van der Waals surface area contributed by atoms with E-state index in [1.165, 1.54) is 0 Å². The Bertz CT molecular complexity index is 226. The summed E-state index contributed by atoms with van der Waals surface area (Å²) in [5.41, 5.74) is 0.879. The van der Waals surface area contributed by atoms with E-state index < -0.39 is 0 Å². The van der Waals surface area contributed by atoms with E-state index in [4.69, 9.17) is 9.47 Å². The molecule has 3 heteroatoms. The summed E-state index contributed by atoms with van der Waals surface area (Å²) in [7, 11) is 1.59. The Morgan fingerprint density at radius 3 is 2.62 bits per heavy atom. The Kier molecular flexibility index (Phi) is 6.92. The number of aromatic nitrogens is 1. The van der Waals surface area contributed by atoms with Gasteiger partial charge in [0.05, 0.1) is 5.69 Å². The molecule has 3 nitrogen and oxygen atoms in total. The van der Waals surface area contributed by atoms with Crippen molar-refractivity contribution in [2.45, 2.75) is 20.8 Å². The molecule has 13 heavy (non-hydrogen) atoms. The maximum absolute atomic E-state index is 5.20. The highest BCUT2D eigenvalue weighted by molar-refractivity contribution is 5.24. The van der Waals surface area contributed by atoms with Crippen molar-refractivity contribution in [2.24, 2.45) is 0 Å². The van der Waals surface area contributed by atoms with E-state index in [1.807, 2.05) is 32.9 Å². The molecule has 1 aromatic rings. The number of methoxy groups -OCH3 is 1. The molecule has 74 valence electrons. The lowest BCUT2D eigenvalue weighted by Gasteiger charge is -2.05. The van der Waals surface area contributed by atoms with Gasteiger partial charge in [0, 0.05) is 13.3 Å². The van der Waals surface area contributed by atoms with Gasteiger partial charge in [-0.05, 0) is 19.1 Å². The summed E-state index contributed by atoms with van der Waals surface area (Å²) in [4.78, 5) is 4.05. The summed E-state index contributed by atoms with van der Waals surface area (Å²) < 4.78 is 9.95. The molecule has 0 fully saturated rings. The van der Waals surface area contributed by atoms with Gasteiger partial charge in [-0.3, -0.25) is 4.98 Å². The topological polar surface area (TPSA) is 31.4 Å². The Balaban J connectivity index is 0.000000671. The third kappa shape index (κ3) is 4.48. The molecule has 0 aliphatic carbocycles. The molecule has 0 N–H and O–H groups in total. The molecule has 0 amide bonds. The zero-order valence-corrected chi connectivity index (χ0v) is 8.70. The number of hydrogen-bond acceptors (Lipinski definition) is 3. The zero-order chi connectivity index (χ0) is 10.1. The molecule has 0 saturated heterocycles. The molecule has 0 unspecified atom stereocenters. The predicted octanol–water partition coefficient (Wildman–Crippen LogP) is 2.40. The van der Waals surface area contributed by atoms with Crippen LogP contribution in [0.3, 0.4) is 0 Å². The Morgan fingerprint density at radius 2 is 2.08 bits per heavy atom. The monoisotopic (exact) mass is 183 g/mol. The molecule has 0 bridgehead atoms. The van der Waals surface area contributed by atoms with E-state index >= 15 is 0 Å². The molecule has 0 aromatic carbocycles. The van der Waals surface area contributed by atoms with Gasteiger partial charge in [-0.25, -0.2) is 0 Å². The minimum absolute atomic E-state index is 0.270. The SMILES string of the molecule is CC.COCOc1cccnc1C. The van der Waals surface area contributed by atoms with Crippen LogP contribution in [0.4, 0.5) is 0 Å². The van der Waals surface area contributed by atoms with Crippen LogP contribution in [0.15, 0.2) is 18.3 Å². The molecular weight excluding hydrogens is 166 g/mol. The highest BCUT2D eigenvalue weighted by Crippen LogP contribution is 2.12. The summed E-state index contributed by atoms with van der Waals surface area (Å²) in [6, 6.07) is 3.69. The van der Waals surface area contributed by atoms with Crippen molar-refractivity contribution in [1.82, 2.24) is 4.98 Å². The third-order valence-electron chi connectivity index (χ3n) is 1.29. The standard InChI is InChI=1S/C8H11NO2.C2H6/c1-7-8(11-6-10-2)4-3-5-9-7;1-2/h3-5H,6H2,1-2H3;1-2H3. The van der Waals surface area contributed by atoms with E-state index in [0.29, 0.717) is 0 Å². The van der Waals surface area contributed by atoms with Gasteiger partial charge in [-0.2, -0.15) is 0 Å². The van der Waals surface area contributed by atoms with Crippen LogP contribution in [-0.4, -0.2) is 18.9 Å². The number of nitrogens with zero attached hydrogens (tertiary/aromatic N) is 1. The van der Waals surface area contributed by atoms with Crippen molar-refractivity contribution in [3.63, 3.8) is 0 Å². The molecule has 0 aliphatic rings. The van der Waals surface area contributed by atoms with Crippen molar-refractivity contribution in [1.29, 1.82) is 0 Å². The first kappa shape index (κ1) is 11.9. The molecule has 0 atom stereocenters. The van der Waals surface area contributed by atoms with Crippen LogP contribution in [0.5, 0.6) is 5.75 Å². The Hall–Kier alpha value is -1.09. The van der Waals surface area contributed by atoms with Gasteiger partial charge in [0.15, 0.2) is 6.79 Å². The second-order valence-corrected chi connectivity index (χ2v) is 2.14. The van der Waals surface area contributed by atoms with E-state index in [9.17, 15) is 0 Å². The number of ether oxygens (including phenoxy) is 2. The molecule has 1 heterocycles. The predicted molar refractivity (Wildman–Crippen MR) is 52.8 cm³/mol. The lowest BCUT2D eigenvalue weighted by Crippen LogP contribution is -2.00.